The molecule has 3 aromatic carbocycles. The van der Waals surface area contributed by atoms with Crippen LogP contribution in [0.25, 0.3) is 11.1 Å². The molecule has 1 N–H and O–H groups in total. The average Bonchev–Trinajstić information content (AvgIpc) is 2.93. The van der Waals surface area contributed by atoms with E-state index in [9.17, 15) is 14.9 Å². The molecule has 7 heteroatoms. The molecule has 184 valence electrons. The number of pyridine rings is 1. The molecule has 0 saturated carbocycles. The first-order valence-electron chi connectivity index (χ1n) is 11.8. The zero-order chi connectivity index (χ0) is 26.2. The Balaban J connectivity index is 1.78. The van der Waals surface area contributed by atoms with Gasteiger partial charge in [-0.25, -0.2) is 4.98 Å². The number of carbonyl (C=O) groups excluding carboxylic acids is 2. The SMILES string of the molecule is CCOc1ccc(-c2c(C#N)c(SCC(=O)c3ccccc3)nc(C)c2C(=O)Nc2ccccc2)cc1. The number of thioether (sulfide) groups is 1. The van der Waals surface area contributed by atoms with Crippen molar-refractivity contribution in [1.29, 1.82) is 5.26 Å². The van der Waals surface area contributed by atoms with E-state index in [1.807, 2.05) is 55.5 Å². The lowest BCUT2D eigenvalue weighted by atomic mass is 9.94. The van der Waals surface area contributed by atoms with Gasteiger partial charge >= 0.3 is 0 Å². The van der Waals surface area contributed by atoms with Crippen LogP contribution in [0, 0.1) is 18.3 Å². The van der Waals surface area contributed by atoms with E-state index in [0.717, 1.165) is 0 Å². The number of nitrogens with one attached hydrogen (secondary N) is 1. The van der Waals surface area contributed by atoms with E-state index in [1.165, 1.54) is 11.8 Å². The fourth-order valence-electron chi connectivity index (χ4n) is 3.89. The molecule has 0 unspecified atom stereocenters. The van der Waals surface area contributed by atoms with Gasteiger partial charge in [-0.2, -0.15) is 5.26 Å². The van der Waals surface area contributed by atoms with Crippen molar-refractivity contribution in [2.75, 3.05) is 17.7 Å². The number of Topliss-reactive ketones (excluding diaryl/α,β-unsaturated/α-hetero) is 1. The van der Waals surface area contributed by atoms with Crippen LogP contribution in [0.1, 0.15) is 38.9 Å². The van der Waals surface area contributed by atoms with Gasteiger partial charge in [0, 0.05) is 16.8 Å². The molecule has 0 radical (unpaired) electrons. The van der Waals surface area contributed by atoms with E-state index < -0.39 is 0 Å². The molecule has 6 nitrogen and oxygen atoms in total. The Morgan fingerprint density at radius 3 is 2.24 bits per heavy atom. The van der Waals surface area contributed by atoms with Gasteiger partial charge in [-0.3, -0.25) is 9.59 Å². The van der Waals surface area contributed by atoms with Crippen LogP contribution in [-0.2, 0) is 0 Å². The van der Waals surface area contributed by atoms with E-state index in [2.05, 4.69) is 16.4 Å². The minimum Gasteiger partial charge on any atom is -0.494 e. The summed E-state index contributed by atoms with van der Waals surface area (Å²) in [4.78, 5) is 30.8. The number of ketones is 1. The molecule has 0 atom stereocenters. The molecule has 0 aliphatic heterocycles. The zero-order valence-electron chi connectivity index (χ0n) is 20.5. The van der Waals surface area contributed by atoms with Crippen molar-refractivity contribution in [1.82, 2.24) is 4.98 Å². The number of nitriles is 1. The van der Waals surface area contributed by atoms with E-state index in [1.54, 1.807) is 43.3 Å². The minimum atomic E-state index is -0.367. The highest BCUT2D eigenvalue weighted by atomic mass is 32.2. The van der Waals surface area contributed by atoms with Crippen LogP contribution in [0.5, 0.6) is 5.75 Å². The summed E-state index contributed by atoms with van der Waals surface area (Å²) in [6.07, 6.45) is 0. The Morgan fingerprint density at radius 2 is 1.62 bits per heavy atom. The van der Waals surface area contributed by atoms with Crippen LogP contribution < -0.4 is 10.1 Å². The largest absolute Gasteiger partial charge is 0.494 e. The van der Waals surface area contributed by atoms with Gasteiger partial charge in [-0.15, -0.1) is 0 Å². The quantitative estimate of drug-likeness (QED) is 0.204. The molecular weight excluding hydrogens is 482 g/mol. The lowest BCUT2D eigenvalue weighted by Crippen LogP contribution is -2.17. The monoisotopic (exact) mass is 507 g/mol. The van der Waals surface area contributed by atoms with Crippen LogP contribution in [0.4, 0.5) is 5.69 Å². The maximum absolute atomic E-state index is 13.5. The fraction of sp³-hybridized carbons (Fsp3) is 0.133. The molecule has 1 aromatic heterocycles. The second-order valence-electron chi connectivity index (χ2n) is 8.09. The number of ether oxygens (including phenoxy) is 1. The molecule has 0 fully saturated rings. The molecule has 0 bridgehead atoms. The van der Waals surface area contributed by atoms with Gasteiger partial charge in [0.15, 0.2) is 5.78 Å². The van der Waals surface area contributed by atoms with Crippen LogP contribution in [0.3, 0.4) is 0 Å². The third-order valence-electron chi connectivity index (χ3n) is 5.61. The average molecular weight is 508 g/mol. The van der Waals surface area contributed by atoms with E-state index in [0.29, 0.717) is 51.0 Å². The third kappa shape index (κ3) is 6.05. The number of anilines is 1. The lowest BCUT2D eigenvalue weighted by molar-refractivity contribution is 0.101. The first-order valence-corrected chi connectivity index (χ1v) is 12.8. The number of nitrogens with zero attached hydrogens (tertiary/aromatic N) is 2. The molecule has 1 heterocycles. The van der Waals surface area contributed by atoms with Gasteiger partial charge in [0.25, 0.3) is 5.91 Å². The highest BCUT2D eigenvalue weighted by Crippen LogP contribution is 2.36. The Bertz CT molecular complexity index is 1450. The van der Waals surface area contributed by atoms with Crippen LogP contribution in [0.15, 0.2) is 90.0 Å². The minimum absolute atomic E-state index is 0.0672. The number of aromatic nitrogens is 1. The molecule has 4 rings (SSSR count). The number of para-hydroxylation sites is 1. The first kappa shape index (κ1) is 25.7. The molecule has 37 heavy (non-hydrogen) atoms. The number of aryl methyl sites for hydroxylation is 1. The summed E-state index contributed by atoms with van der Waals surface area (Å²) in [6, 6.07) is 27.6. The van der Waals surface area contributed by atoms with Crippen molar-refractivity contribution < 1.29 is 14.3 Å². The summed E-state index contributed by atoms with van der Waals surface area (Å²) < 4.78 is 5.57. The Labute approximate surface area is 220 Å². The summed E-state index contributed by atoms with van der Waals surface area (Å²) >= 11 is 1.19. The molecular formula is C30H25N3O3S. The van der Waals surface area contributed by atoms with Gasteiger partial charge in [-0.05, 0) is 43.7 Å². The third-order valence-corrected chi connectivity index (χ3v) is 6.58. The number of amides is 1. The maximum atomic E-state index is 13.5. The topological polar surface area (TPSA) is 92.1 Å². The second kappa shape index (κ2) is 12.0. The number of rotatable bonds is 9. The van der Waals surface area contributed by atoms with Crippen molar-refractivity contribution in [2.45, 2.75) is 18.9 Å². The lowest BCUT2D eigenvalue weighted by Gasteiger charge is -2.17. The van der Waals surface area contributed by atoms with Crippen molar-refractivity contribution in [3.63, 3.8) is 0 Å². The standard InChI is InChI=1S/C30H25N3O3S/c1-3-36-24-16-14-22(15-17-24)28-25(18-31)30(37-19-26(34)21-10-6-4-7-11-21)32-20(2)27(28)29(35)33-23-12-8-5-9-13-23/h4-17H,3,19H2,1-2H3,(H,33,35). The number of benzene rings is 3. The van der Waals surface area contributed by atoms with Gasteiger partial charge in [0.2, 0.25) is 0 Å². The summed E-state index contributed by atoms with van der Waals surface area (Å²) in [6.45, 7) is 4.17. The van der Waals surface area contributed by atoms with Crippen LogP contribution in [-0.4, -0.2) is 29.0 Å². The van der Waals surface area contributed by atoms with Gasteiger partial charge in [0.05, 0.1) is 29.2 Å². The number of hydrogen-bond donors (Lipinski definition) is 1. The highest BCUT2D eigenvalue weighted by Gasteiger charge is 2.25. The van der Waals surface area contributed by atoms with Gasteiger partial charge in [0.1, 0.15) is 16.8 Å². The summed E-state index contributed by atoms with van der Waals surface area (Å²) in [5, 5.41) is 13.5. The molecule has 0 spiro atoms. The molecule has 0 saturated heterocycles. The Hall–Kier alpha value is -4.41. The van der Waals surface area contributed by atoms with Crippen LogP contribution in [0.2, 0.25) is 0 Å². The van der Waals surface area contributed by atoms with E-state index in [-0.39, 0.29) is 23.0 Å². The number of carbonyl (C=O) groups is 2. The summed E-state index contributed by atoms with van der Waals surface area (Å²) in [7, 11) is 0. The maximum Gasteiger partial charge on any atom is 0.258 e. The second-order valence-corrected chi connectivity index (χ2v) is 9.06. The highest BCUT2D eigenvalue weighted by molar-refractivity contribution is 8.00. The zero-order valence-corrected chi connectivity index (χ0v) is 21.3. The predicted molar refractivity (Wildman–Crippen MR) is 146 cm³/mol. The van der Waals surface area contributed by atoms with E-state index in [4.69, 9.17) is 4.74 Å². The van der Waals surface area contributed by atoms with Gasteiger partial charge in [-0.1, -0.05) is 72.4 Å². The van der Waals surface area contributed by atoms with Crippen molar-refractivity contribution >= 4 is 29.1 Å². The van der Waals surface area contributed by atoms with E-state index >= 15 is 0 Å². The van der Waals surface area contributed by atoms with Crippen molar-refractivity contribution in [2.24, 2.45) is 0 Å². The normalized spacial score (nSPS) is 10.4. The smallest absolute Gasteiger partial charge is 0.258 e. The first-order chi connectivity index (χ1) is 18.0. The molecule has 0 aliphatic carbocycles. The summed E-state index contributed by atoms with van der Waals surface area (Å²) in [5.41, 5.74) is 3.40. The predicted octanol–water partition coefficient (Wildman–Crippen LogP) is 6.55. The fourth-order valence-corrected chi connectivity index (χ4v) is 4.82. The van der Waals surface area contributed by atoms with Crippen molar-refractivity contribution in [3.05, 3.63) is 107 Å². The Morgan fingerprint density at radius 1 is 0.973 bits per heavy atom. The molecule has 0 aliphatic rings. The van der Waals surface area contributed by atoms with Crippen LogP contribution >= 0.6 is 11.8 Å². The van der Waals surface area contributed by atoms with Crippen molar-refractivity contribution in [3.8, 4) is 22.9 Å². The Kier molecular flexibility index (Phi) is 8.34. The summed E-state index contributed by atoms with van der Waals surface area (Å²) in [5.74, 6) is 0.369. The molecule has 1 amide bonds. The van der Waals surface area contributed by atoms with Gasteiger partial charge < -0.3 is 10.1 Å². The number of hydrogen-bond acceptors (Lipinski definition) is 6. The molecule has 4 aromatic rings.